The van der Waals surface area contributed by atoms with Crippen LogP contribution in [0.1, 0.15) is 0 Å². The van der Waals surface area contributed by atoms with Gasteiger partial charge in [-0.15, -0.1) is 0 Å². The smallest absolute Gasteiger partial charge is 0.143 e. The average Bonchev–Trinajstić information content (AvgIpc) is 3.69. The van der Waals surface area contributed by atoms with Crippen molar-refractivity contribution in [2.75, 3.05) is 0 Å². The molecule has 0 fully saturated rings. The Kier molecular flexibility index (Phi) is 4.84. The lowest BCUT2D eigenvalue weighted by molar-refractivity contribution is 0.487. The van der Waals surface area contributed by atoms with Crippen molar-refractivity contribution in [2.24, 2.45) is 0 Å². The minimum atomic E-state index is 0.870. The molecule has 0 aliphatic carbocycles. The molecule has 3 nitrogen and oxygen atoms in total. The van der Waals surface area contributed by atoms with E-state index >= 15 is 0 Å². The molecule has 47 heavy (non-hydrogen) atoms. The van der Waals surface area contributed by atoms with Crippen LogP contribution in [0.5, 0.6) is 11.5 Å². The molecule has 0 unspecified atom stereocenters. The molecule has 3 heterocycles. The van der Waals surface area contributed by atoms with Crippen molar-refractivity contribution in [1.82, 2.24) is 0 Å². The van der Waals surface area contributed by atoms with Gasteiger partial charge in [0.1, 0.15) is 33.8 Å². The van der Waals surface area contributed by atoms with Crippen LogP contribution in [0.2, 0.25) is 0 Å². The average molecular weight is 601 g/mol. The maximum absolute atomic E-state index is 6.60. The van der Waals surface area contributed by atoms with Crippen molar-refractivity contribution in [3.8, 4) is 44.9 Å². The number of hydrogen-bond acceptors (Lipinski definition) is 3. The molecule has 0 saturated heterocycles. The summed E-state index contributed by atoms with van der Waals surface area (Å²) < 4.78 is 19.3. The molecule has 0 saturated carbocycles. The summed E-state index contributed by atoms with van der Waals surface area (Å²) in [5.41, 5.74) is 10.4. The van der Waals surface area contributed by atoms with E-state index in [4.69, 9.17) is 13.6 Å². The third-order valence-electron chi connectivity index (χ3n) is 9.84. The Bertz CT molecular complexity index is 2940. The molecule has 1 aliphatic heterocycles. The second kappa shape index (κ2) is 9.12. The highest BCUT2D eigenvalue weighted by Crippen LogP contribution is 2.48. The van der Waals surface area contributed by atoms with Crippen LogP contribution in [0.3, 0.4) is 0 Å². The van der Waals surface area contributed by atoms with Crippen molar-refractivity contribution in [2.45, 2.75) is 0 Å². The van der Waals surface area contributed by atoms with E-state index in [-0.39, 0.29) is 0 Å². The van der Waals surface area contributed by atoms with Crippen LogP contribution in [0.15, 0.2) is 154 Å². The molecule has 1 aliphatic rings. The van der Waals surface area contributed by atoms with Gasteiger partial charge in [-0.1, -0.05) is 84.9 Å². The van der Waals surface area contributed by atoms with Crippen LogP contribution in [-0.4, -0.2) is 0 Å². The molecule has 8 aromatic carbocycles. The first-order chi connectivity index (χ1) is 23.3. The van der Waals surface area contributed by atoms with Crippen LogP contribution in [0, 0.1) is 0 Å². The van der Waals surface area contributed by atoms with Gasteiger partial charge >= 0.3 is 0 Å². The maximum Gasteiger partial charge on any atom is 0.143 e. The highest BCUT2D eigenvalue weighted by molar-refractivity contribution is 6.19. The Labute approximate surface area is 268 Å². The molecule has 3 heteroatoms. The van der Waals surface area contributed by atoms with E-state index in [1.54, 1.807) is 0 Å². The van der Waals surface area contributed by atoms with Gasteiger partial charge in [-0.05, 0) is 99.3 Å². The van der Waals surface area contributed by atoms with Crippen molar-refractivity contribution in [3.63, 3.8) is 0 Å². The lowest BCUT2D eigenvalue weighted by Gasteiger charge is -2.22. The van der Waals surface area contributed by atoms with Gasteiger partial charge in [-0.3, -0.25) is 0 Å². The molecule has 218 valence electrons. The van der Waals surface area contributed by atoms with Crippen LogP contribution < -0.4 is 4.74 Å². The van der Waals surface area contributed by atoms with E-state index in [1.807, 2.05) is 18.2 Å². The zero-order chi connectivity index (χ0) is 30.6. The van der Waals surface area contributed by atoms with Gasteiger partial charge < -0.3 is 13.6 Å². The number of fused-ring (bicyclic) bond motifs is 10. The normalized spacial score (nSPS) is 12.4. The van der Waals surface area contributed by atoms with Crippen molar-refractivity contribution in [3.05, 3.63) is 146 Å². The predicted octanol–water partition coefficient (Wildman–Crippen LogP) is 12.9. The van der Waals surface area contributed by atoms with Crippen molar-refractivity contribution in [1.29, 1.82) is 0 Å². The second-order valence-corrected chi connectivity index (χ2v) is 12.4. The fraction of sp³-hybridized carbons (Fsp3) is 0. The molecule has 0 bridgehead atoms. The summed E-state index contributed by atoms with van der Waals surface area (Å²) >= 11 is 0. The molecule has 0 spiro atoms. The van der Waals surface area contributed by atoms with Crippen LogP contribution in [0.4, 0.5) is 0 Å². The van der Waals surface area contributed by atoms with Gasteiger partial charge in [0.25, 0.3) is 0 Å². The van der Waals surface area contributed by atoms with Gasteiger partial charge in [0, 0.05) is 37.9 Å². The summed E-state index contributed by atoms with van der Waals surface area (Å²) in [7, 11) is 0. The number of ether oxygens (including phenoxy) is 1. The first-order valence-electron chi connectivity index (χ1n) is 15.9. The molecule has 0 radical (unpaired) electrons. The second-order valence-electron chi connectivity index (χ2n) is 12.4. The molecule has 11 rings (SSSR count). The molecular weight excluding hydrogens is 576 g/mol. The Balaban J connectivity index is 1.06. The molecular formula is C44H24O3. The van der Waals surface area contributed by atoms with Crippen LogP contribution >= 0.6 is 0 Å². The summed E-state index contributed by atoms with van der Waals surface area (Å²) in [6.45, 7) is 0. The van der Waals surface area contributed by atoms with Gasteiger partial charge in [0.15, 0.2) is 0 Å². The summed E-state index contributed by atoms with van der Waals surface area (Å²) in [5.74, 6) is 1.79. The summed E-state index contributed by atoms with van der Waals surface area (Å²) in [5, 5.41) is 9.08. The first-order valence-corrected chi connectivity index (χ1v) is 15.9. The van der Waals surface area contributed by atoms with Gasteiger partial charge in [0.05, 0.1) is 0 Å². The molecule has 10 aromatic rings. The molecule has 0 atom stereocenters. The summed E-state index contributed by atoms with van der Waals surface area (Å²) in [6, 6.07) is 51.3. The van der Waals surface area contributed by atoms with E-state index in [2.05, 4.69) is 127 Å². The highest BCUT2D eigenvalue weighted by Gasteiger charge is 2.21. The van der Waals surface area contributed by atoms with E-state index < -0.39 is 0 Å². The third-order valence-corrected chi connectivity index (χ3v) is 9.84. The monoisotopic (exact) mass is 600 g/mol. The first kappa shape index (κ1) is 24.9. The minimum Gasteiger partial charge on any atom is -0.456 e. The number of benzene rings is 8. The van der Waals surface area contributed by atoms with Gasteiger partial charge in [0.2, 0.25) is 0 Å². The van der Waals surface area contributed by atoms with E-state index in [1.165, 1.54) is 10.9 Å². The van der Waals surface area contributed by atoms with E-state index in [0.29, 0.717) is 0 Å². The molecule has 2 aromatic heterocycles. The number of rotatable bonds is 2. The topological polar surface area (TPSA) is 35.5 Å². The van der Waals surface area contributed by atoms with Crippen molar-refractivity contribution < 1.29 is 13.6 Å². The number of para-hydroxylation sites is 1. The Morgan fingerprint density at radius 3 is 2.00 bits per heavy atom. The lowest BCUT2D eigenvalue weighted by atomic mass is 9.90. The van der Waals surface area contributed by atoms with E-state index in [9.17, 15) is 0 Å². The molecule has 0 N–H and O–H groups in total. The predicted molar refractivity (Wildman–Crippen MR) is 192 cm³/mol. The standard InChI is InChI=1S/C44H24O3/c1-2-9-31-25(7-1)15-20-35-43-30(11-6-14-39(43)47-44(31)35)27-17-19-34-33-18-16-26(23-40(33)46-41(34)24-27)29-21-28-8-5-13-38-42(28)36(22-29)32-10-3-4-12-37(32)45-38/h1-24H. The van der Waals surface area contributed by atoms with Gasteiger partial charge in [-0.25, -0.2) is 0 Å². The SMILES string of the molecule is c1ccc2c(c1)Oc1cccc3cc(-c4ccc5c(c4)oc4cc(-c6cccc7oc8c9ccccc9ccc8c67)ccc45)cc-2c13. The number of furan rings is 2. The highest BCUT2D eigenvalue weighted by atomic mass is 16.5. The summed E-state index contributed by atoms with van der Waals surface area (Å²) in [4.78, 5) is 0. The largest absolute Gasteiger partial charge is 0.456 e. The van der Waals surface area contributed by atoms with Crippen LogP contribution in [0.25, 0.3) is 98.8 Å². The van der Waals surface area contributed by atoms with Crippen LogP contribution in [-0.2, 0) is 0 Å². The Morgan fingerprint density at radius 1 is 0.340 bits per heavy atom. The van der Waals surface area contributed by atoms with Gasteiger partial charge in [-0.2, -0.15) is 0 Å². The minimum absolute atomic E-state index is 0.870. The maximum atomic E-state index is 6.60. The Morgan fingerprint density at radius 2 is 1.06 bits per heavy atom. The zero-order valence-corrected chi connectivity index (χ0v) is 25.1. The fourth-order valence-electron chi connectivity index (χ4n) is 7.67. The fourth-order valence-corrected chi connectivity index (χ4v) is 7.67. The summed E-state index contributed by atoms with van der Waals surface area (Å²) in [6.07, 6.45) is 0. The zero-order valence-electron chi connectivity index (χ0n) is 25.1. The van der Waals surface area contributed by atoms with E-state index in [0.717, 1.165) is 99.4 Å². The quantitative estimate of drug-likeness (QED) is 0.198. The molecule has 0 amide bonds. The van der Waals surface area contributed by atoms with Crippen molar-refractivity contribution >= 4 is 65.4 Å². The number of hydrogen-bond donors (Lipinski definition) is 0. The third kappa shape index (κ3) is 3.51. The Hall–Kier alpha value is -6.32. The lowest BCUT2D eigenvalue weighted by Crippen LogP contribution is -1.97.